The molecule has 2 saturated heterocycles. The summed E-state index contributed by atoms with van der Waals surface area (Å²) in [5, 5.41) is 103. The Hall–Kier alpha value is -3.01. The van der Waals surface area contributed by atoms with Crippen molar-refractivity contribution in [2.75, 3.05) is 19.8 Å². The van der Waals surface area contributed by atoms with Gasteiger partial charge >= 0.3 is 5.97 Å². The number of phenols is 1. The molecule has 4 aliphatic rings. The molecule has 0 unspecified atom stereocenters. The number of rotatable bonds is 10. The van der Waals surface area contributed by atoms with Gasteiger partial charge in [0.1, 0.15) is 60.2 Å². The van der Waals surface area contributed by atoms with E-state index in [0.29, 0.717) is 5.56 Å². The number of benzene rings is 1. The molecule has 10 N–H and O–H groups in total. The molecule has 1 aliphatic carbocycles. The van der Waals surface area contributed by atoms with Crippen molar-refractivity contribution in [1.29, 1.82) is 0 Å². The summed E-state index contributed by atoms with van der Waals surface area (Å²) < 4.78 is 33.9. The van der Waals surface area contributed by atoms with E-state index in [4.69, 9.17) is 28.4 Å². The van der Waals surface area contributed by atoms with Crippen molar-refractivity contribution < 1.29 is 84.3 Å². The Morgan fingerprint density at radius 1 is 0.830 bits per heavy atom. The highest BCUT2D eigenvalue weighted by atomic mass is 16.8. The van der Waals surface area contributed by atoms with E-state index in [1.54, 1.807) is 0 Å². The zero-order valence-electron chi connectivity index (χ0n) is 24.7. The van der Waals surface area contributed by atoms with Crippen molar-refractivity contribution in [2.24, 2.45) is 5.92 Å². The monoisotopic (exact) mass is 670 g/mol. The number of aliphatic hydroxyl groups excluding tert-OH is 9. The average molecular weight is 671 g/mol. The number of phenolic OH excluding ortho intramolecular Hbond substituents is 1. The molecule has 14 atom stereocenters. The minimum atomic E-state index is -1.93. The minimum Gasteiger partial charge on any atom is -0.508 e. The third kappa shape index (κ3) is 6.94. The van der Waals surface area contributed by atoms with E-state index in [0.717, 1.165) is 12.3 Å². The summed E-state index contributed by atoms with van der Waals surface area (Å²) in [6.45, 7) is -2.19. The molecule has 0 amide bonds. The molecule has 0 radical (unpaired) electrons. The van der Waals surface area contributed by atoms with Gasteiger partial charge in [-0.25, -0.2) is 4.79 Å². The van der Waals surface area contributed by atoms with Gasteiger partial charge in [0.15, 0.2) is 18.7 Å². The second-order valence-electron chi connectivity index (χ2n) is 11.5. The second kappa shape index (κ2) is 14.6. The summed E-state index contributed by atoms with van der Waals surface area (Å²) in [6, 6.07) is 5.85. The van der Waals surface area contributed by atoms with Gasteiger partial charge in [-0.3, -0.25) is 0 Å². The standard InChI is InChI=1S/C30H38O17/c31-10-14-9-18(35)30(7-8-42-27(20(14)30)46-28-24(40)23(39)21(37)16(11-32)43-28)47-29-25(41)26(22(38)17(12-33)44-29)45-19(36)6-3-13-1-4-15(34)5-2-13/h1-9,16-18,20-29,31-35,37-41H,10-12H2/b6-3+/t16-,17-,18-,20+,21-,22-,23+,24-,25-,26+,27+,28+,29+,30-/m1/s1. The Morgan fingerprint density at radius 3 is 2.15 bits per heavy atom. The second-order valence-corrected chi connectivity index (χ2v) is 11.5. The quantitative estimate of drug-likeness (QED) is 0.0647. The van der Waals surface area contributed by atoms with Gasteiger partial charge < -0.3 is 79.5 Å². The molecule has 3 heterocycles. The molecular formula is C30H38O17. The van der Waals surface area contributed by atoms with E-state index in [2.05, 4.69) is 0 Å². The average Bonchev–Trinajstić information content (AvgIpc) is 3.35. The van der Waals surface area contributed by atoms with Gasteiger partial charge in [-0.15, -0.1) is 0 Å². The lowest BCUT2D eigenvalue weighted by Gasteiger charge is -2.49. The number of hydrogen-bond donors (Lipinski definition) is 10. The van der Waals surface area contributed by atoms with E-state index in [-0.39, 0.29) is 11.3 Å². The van der Waals surface area contributed by atoms with Crippen LogP contribution in [0.15, 0.2) is 54.3 Å². The van der Waals surface area contributed by atoms with Gasteiger partial charge in [-0.05, 0) is 35.4 Å². The Bertz CT molecular complexity index is 1320. The Balaban J connectivity index is 1.37. The highest BCUT2D eigenvalue weighted by Gasteiger charge is 2.60. The van der Waals surface area contributed by atoms with Crippen molar-refractivity contribution in [3.05, 3.63) is 59.9 Å². The summed E-state index contributed by atoms with van der Waals surface area (Å²) in [5.74, 6) is -2.22. The summed E-state index contributed by atoms with van der Waals surface area (Å²) in [5.41, 5.74) is -1.29. The SMILES string of the molecule is O=C(/C=C/c1ccc(O)cc1)O[C@@H]1[C@@H](O)[C@H](O[C@@]23C=CO[C@@H](O[C@@H]4O[C@H](CO)[C@@H](O)[C@H](O)[C@H]4O)[C@@H]2C(CO)=C[C@H]3O)O[C@H](CO)[C@H]1O. The largest absolute Gasteiger partial charge is 0.508 e. The fourth-order valence-electron chi connectivity index (χ4n) is 5.97. The van der Waals surface area contributed by atoms with Gasteiger partial charge in [-0.1, -0.05) is 18.2 Å². The van der Waals surface area contributed by atoms with Crippen LogP contribution < -0.4 is 0 Å². The van der Waals surface area contributed by atoms with Crippen molar-refractivity contribution in [1.82, 2.24) is 0 Å². The van der Waals surface area contributed by atoms with Crippen molar-refractivity contribution in [2.45, 2.75) is 79.4 Å². The Morgan fingerprint density at radius 2 is 1.49 bits per heavy atom. The summed E-state index contributed by atoms with van der Waals surface area (Å²) >= 11 is 0. The van der Waals surface area contributed by atoms with Gasteiger partial charge in [0.05, 0.1) is 32.0 Å². The summed E-state index contributed by atoms with van der Waals surface area (Å²) in [4.78, 5) is 12.7. The van der Waals surface area contributed by atoms with Crippen molar-refractivity contribution in [3.8, 4) is 5.75 Å². The molecule has 0 aromatic heterocycles. The van der Waals surface area contributed by atoms with Crippen LogP contribution in [0.5, 0.6) is 5.75 Å². The van der Waals surface area contributed by atoms with Crippen LogP contribution in [0.2, 0.25) is 0 Å². The molecule has 47 heavy (non-hydrogen) atoms. The topological polar surface area (TPSA) is 275 Å². The summed E-state index contributed by atoms with van der Waals surface area (Å²) in [7, 11) is 0. The maximum absolute atomic E-state index is 12.7. The number of esters is 1. The van der Waals surface area contributed by atoms with Crippen LogP contribution in [-0.2, 0) is 33.2 Å². The highest BCUT2D eigenvalue weighted by molar-refractivity contribution is 5.87. The van der Waals surface area contributed by atoms with Crippen LogP contribution in [-0.4, -0.2) is 156 Å². The first kappa shape index (κ1) is 35.3. The predicted molar refractivity (Wildman–Crippen MR) is 152 cm³/mol. The molecule has 5 rings (SSSR count). The van der Waals surface area contributed by atoms with E-state index < -0.39 is 111 Å². The molecule has 1 aromatic carbocycles. The first-order valence-electron chi connectivity index (χ1n) is 14.7. The van der Waals surface area contributed by atoms with E-state index in [1.165, 1.54) is 42.5 Å². The normalized spacial score (nSPS) is 41.7. The zero-order chi connectivity index (χ0) is 34.0. The number of aromatic hydroxyl groups is 1. The predicted octanol–water partition coefficient (Wildman–Crippen LogP) is -3.89. The van der Waals surface area contributed by atoms with Crippen LogP contribution in [0.1, 0.15) is 5.56 Å². The fourth-order valence-corrected chi connectivity index (χ4v) is 5.97. The van der Waals surface area contributed by atoms with E-state index >= 15 is 0 Å². The number of carbonyl (C=O) groups excluding carboxylic acids is 1. The third-order valence-corrected chi connectivity index (χ3v) is 8.53. The highest BCUT2D eigenvalue weighted by Crippen LogP contribution is 2.48. The van der Waals surface area contributed by atoms with Crippen LogP contribution in [0.25, 0.3) is 6.08 Å². The number of carbonyl (C=O) groups is 1. The lowest BCUT2D eigenvalue weighted by atomic mass is 9.82. The van der Waals surface area contributed by atoms with Crippen LogP contribution >= 0.6 is 0 Å². The lowest BCUT2D eigenvalue weighted by Crippen LogP contribution is -2.64. The molecule has 2 fully saturated rings. The number of hydrogen-bond acceptors (Lipinski definition) is 17. The fraction of sp³-hybridized carbons (Fsp3) is 0.567. The molecule has 1 aromatic rings. The van der Waals surface area contributed by atoms with Crippen LogP contribution in [0.4, 0.5) is 0 Å². The Kier molecular flexibility index (Phi) is 11.0. The van der Waals surface area contributed by atoms with E-state index in [9.17, 15) is 55.9 Å². The molecule has 0 spiro atoms. The molecule has 3 aliphatic heterocycles. The van der Waals surface area contributed by atoms with Crippen molar-refractivity contribution in [3.63, 3.8) is 0 Å². The number of fused-ring (bicyclic) bond motifs is 1. The van der Waals surface area contributed by atoms with E-state index in [1.807, 2.05) is 0 Å². The van der Waals surface area contributed by atoms with Crippen LogP contribution in [0.3, 0.4) is 0 Å². The minimum absolute atomic E-state index is 0.0146. The van der Waals surface area contributed by atoms with Crippen LogP contribution in [0, 0.1) is 5.92 Å². The molecule has 0 saturated carbocycles. The molecule has 0 bridgehead atoms. The first-order chi connectivity index (χ1) is 22.4. The molecule has 17 nitrogen and oxygen atoms in total. The Labute approximate surface area is 267 Å². The number of ether oxygens (including phenoxy) is 6. The molecule has 17 heteroatoms. The first-order valence-corrected chi connectivity index (χ1v) is 14.7. The molecule has 260 valence electrons. The van der Waals surface area contributed by atoms with Gasteiger partial charge in [-0.2, -0.15) is 0 Å². The van der Waals surface area contributed by atoms with Crippen molar-refractivity contribution >= 4 is 12.0 Å². The maximum atomic E-state index is 12.7. The lowest BCUT2D eigenvalue weighted by molar-refractivity contribution is -0.362. The summed E-state index contributed by atoms with van der Waals surface area (Å²) in [6.07, 6.45) is -14.0. The van der Waals surface area contributed by atoms with Gasteiger partial charge in [0.2, 0.25) is 6.29 Å². The zero-order valence-corrected chi connectivity index (χ0v) is 24.7. The third-order valence-electron chi connectivity index (χ3n) is 8.53. The van der Waals surface area contributed by atoms with Gasteiger partial charge in [0, 0.05) is 6.08 Å². The van der Waals surface area contributed by atoms with Gasteiger partial charge in [0.25, 0.3) is 0 Å². The smallest absolute Gasteiger partial charge is 0.331 e. The number of aliphatic hydroxyl groups is 9. The molecular weight excluding hydrogens is 632 g/mol. The maximum Gasteiger partial charge on any atom is 0.331 e.